The highest BCUT2D eigenvalue weighted by Gasteiger charge is 2.33. The average Bonchev–Trinajstić information content (AvgIpc) is 2.27. The monoisotopic (exact) mass is 241 g/mol. The minimum atomic E-state index is -0.790. The van der Waals surface area contributed by atoms with Crippen LogP contribution in [0, 0.1) is 5.92 Å². The molecule has 0 saturated carbocycles. The number of ketones is 1. The number of carboxylic acid groups (broad SMARTS) is 1. The van der Waals surface area contributed by atoms with Crippen molar-refractivity contribution in [1.82, 2.24) is 4.90 Å². The molecule has 0 aromatic carbocycles. The Morgan fingerprint density at radius 2 is 2.00 bits per heavy atom. The van der Waals surface area contributed by atoms with Crippen molar-refractivity contribution >= 4 is 17.7 Å². The number of carbonyl (C=O) groups excluding carboxylic acids is 2. The van der Waals surface area contributed by atoms with E-state index in [1.54, 1.807) is 4.90 Å². The van der Waals surface area contributed by atoms with Gasteiger partial charge in [0.15, 0.2) is 0 Å². The van der Waals surface area contributed by atoms with Crippen molar-refractivity contribution in [3.8, 4) is 0 Å². The smallest absolute Gasteiger partial charge is 0.306 e. The Morgan fingerprint density at radius 3 is 2.47 bits per heavy atom. The molecule has 0 aromatic rings. The fourth-order valence-electron chi connectivity index (χ4n) is 2.31. The molecule has 1 N–H and O–H groups in total. The van der Waals surface area contributed by atoms with Gasteiger partial charge in [-0.1, -0.05) is 6.92 Å². The van der Waals surface area contributed by atoms with Gasteiger partial charge in [-0.15, -0.1) is 0 Å². The summed E-state index contributed by atoms with van der Waals surface area (Å²) in [6.07, 6.45) is 1.63. The van der Waals surface area contributed by atoms with Gasteiger partial charge in [-0.2, -0.15) is 0 Å². The molecule has 1 saturated heterocycles. The Kier molecular flexibility index (Phi) is 4.66. The molecule has 1 rings (SSSR count). The minimum absolute atomic E-state index is 0.0447. The highest BCUT2D eigenvalue weighted by atomic mass is 16.4. The molecule has 96 valence electrons. The molecule has 0 radical (unpaired) electrons. The van der Waals surface area contributed by atoms with Crippen molar-refractivity contribution in [2.24, 2.45) is 5.92 Å². The number of amides is 1. The number of aliphatic carboxylic acids is 1. The van der Waals surface area contributed by atoms with E-state index in [1.807, 2.05) is 6.92 Å². The van der Waals surface area contributed by atoms with Crippen molar-refractivity contribution in [2.45, 2.75) is 45.6 Å². The van der Waals surface area contributed by atoms with Crippen LogP contribution < -0.4 is 0 Å². The number of hydrogen-bond donors (Lipinski definition) is 1. The Labute approximate surface area is 101 Å². The lowest BCUT2D eigenvalue weighted by Gasteiger charge is -2.37. The molecule has 5 nitrogen and oxygen atoms in total. The Morgan fingerprint density at radius 1 is 1.35 bits per heavy atom. The maximum absolute atomic E-state index is 11.8. The van der Waals surface area contributed by atoms with Gasteiger partial charge in [0.05, 0.1) is 12.3 Å². The number of likely N-dealkylation sites (tertiary alicyclic amines) is 1. The number of nitrogens with zero attached hydrogens (tertiary/aromatic N) is 1. The van der Waals surface area contributed by atoms with Gasteiger partial charge in [0.1, 0.15) is 5.78 Å². The van der Waals surface area contributed by atoms with Crippen LogP contribution in [0.3, 0.4) is 0 Å². The summed E-state index contributed by atoms with van der Waals surface area (Å²) in [5, 5.41) is 8.96. The molecule has 1 amide bonds. The number of carboxylic acids is 1. The summed E-state index contributed by atoms with van der Waals surface area (Å²) in [5.41, 5.74) is 0. The van der Waals surface area contributed by atoms with Crippen LogP contribution in [0.2, 0.25) is 0 Å². The molecule has 1 fully saturated rings. The molecule has 1 aliphatic heterocycles. The summed E-state index contributed by atoms with van der Waals surface area (Å²) in [6, 6.07) is -0.0447. The number of piperidine rings is 1. The topological polar surface area (TPSA) is 74.7 Å². The average molecular weight is 241 g/mol. The quantitative estimate of drug-likeness (QED) is 0.747. The highest BCUT2D eigenvalue weighted by Crippen LogP contribution is 2.25. The third-order valence-electron chi connectivity index (χ3n) is 3.26. The van der Waals surface area contributed by atoms with E-state index in [9.17, 15) is 14.4 Å². The molecule has 2 unspecified atom stereocenters. The fraction of sp³-hybridized carbons (Fsp3) is 0.750. The Balaban J connectivity index is 2.65. The first-order valence-corrected chi connectivity index (χ1v) is 5.97. The third kappa shape index (κ3) is 3.54. The van der Waals surface area contributed by atoms with Crippen LogP contribution in [0.1, 0.15) is 39.5 Å². The molecule has 1 heterocycles. The molecule has 0 bridgehead atoms. The summed E-state index contributed by atoms with van der Waals surface area (Å²) in [6.45, 7) is 3.77. The molecular weight excluding hydrogens is 222 g/mol. The highest BCUT2D eigenvalue weighted by molar-refractivity contribution is 5.97. The maximum atomic E-state index is 11.8. The van der Waals surface area contributed by atoms with Crippen LogP contribution in [0.15, 0.2) is 0 Å². The van der Waals surface area contributed by atoms with Crippen LogP contribution in [0.25, 0.3) is 0 Å². The van der Waals surface area contributed by atoms with E-state index in [0.717, 1.165) is 6.42 Å². The Bertz CT molecular complexity index is 326. The van der Waals surface area contributed by atoms with E-state index >= 15 is 0 Å². The second-order valence-electron chi connectivity index (χ2n) is 4.59. The van der Waals surface area contributed by atoms with Gasteiger partial charge >= 0.3 is 5.97 Å². The number of hydrogen-bond acceptors (Lipinski definition) is 3. The summed E-state index contributed by atoms with van der Waals surface area (Å²) < 4.78 is 0. The predicted molar refractivity (Wildman–Crippen MR) is 61.4 cm³/mol. The fourth-order valence-corrected chi connectivity index (χ4v) is 2.31. The van der Waals surface area contributed by atoms with Crippen molar-refractivity contribution in [3.05, 3.63) is 0 Å². The van der Waals surface area contributed by atoms with Crippen LogP contribution in [0.4, 0.5) is 0 Å². The Hall–Kier alpha value is -1.39. The molecule has 0 aliphatic carbocycles. The zero-order chi connectivity index (χ0) is 13.0. The first kappa shape index (κ1) is 13.7. The first-order chi connectivity index (χ1) is 7.95. The van der Waals surface area contributed by atoms with Gasteiger partial charge in [0, 0.05) is 12.6 Å². The van der Waals surface area contributed by atoms with Crippen molar-refractivity contribution in [2.75, 3.05) is 6.54 Å². The standard InChI is InChI=1S/C12H19NO4/c1-3-10-7-9(12(16)17)4-5-13(10)11(15)6-8(2)14/h9-10H,3-7H2,1-2H3,(H,16,17). The SMILES string of the molecule is CCC1CC(C(=O)O)CCN1C(=O)CC(C)=O. The van der Waals surface area contributed by atoms with Crippen LogP contribution in [0.5, 0.6) is 0 Å². The first-order valence-electron chi connectivity index (χ1n) is 5.97. The van der Waals surface area contributed by atoms with Crippen LogP contribution >= 0.6 is 0 Å². The third-order valence-corrected chi connectivity index (χ3v) is 3.26. The van der Waals surface area contributed by atoms with Gasteiger partial charge < -0.3 is 10.0 Å². The van der Waals surface area contributed by atoms with E-state index in [-0.39, 0.29) is 30.1 Å². The summed E-state index contributed by atoms with van der Waals surface area (Å²) >= 11 is 0. The lowest BCUT2D eigenvalue weighted by Crippen LogP contribution is -2.47. The number of rotatable bonds is 4. The zero-order valence-electron chi connectivity index (χ0n) is 10.3. The maximum Gasteiger partial charge on any atom is 0.306 e. The van der Waals surface area contributed by atoms with Crippen molar-refractivity contribution in [3.63, 3.8) is 0 Å². The minimum Gasteiger partial charge on any atom is -0.481 e. The van der Waals surface area contributed by atoms with Crippen molar-refractivity contribution < 1.29 is 19.5 Å². The molecule has 17 heavy (non-hydrogen) atoms. The molecular formula is C12H19NO4. The number of Topliss-reactive ketones (excluding diaryl/α,β-unsaturated/α-hetero) is 1. The van der Waals surface area contributed by atoms with Gasteiger partial charge in [0.25, 0.3) is 0 Å². The van der Waals surface area contributed by atoms with E-state index in [1.165, 1.54) is 6.92 Å². The van der Waals surface area contributed by atoms with E-state index in [2.05, 4.69) is 0 Å². The lowest BCUT2D eigenvalue weighted by atomic mass is 9.89. The second kappa shape index (κ2) is 5.80. The zero-order valence-corrected chi connectivity index (χ0v) is 10.3. The molecule has 0 spiro atoms. The molecule has 1 aliphatic rings. The van der Waals surface area contributed by atoms with Gasteiger partial charge in [-0.05, 0) is 26.2 Å². The summed E-state index contributed by atoms with van der Waals surface area (Å²) in [5.74, 6) is -1.47. The molecule has 0 aromatic heterocycles. The van der Waals surface area contributed by atoms with Gasteiger partial charge in [-0.25, -0.2) is 0 Å². The second-order valence-corrected chi connectivity index (χ2v) is 4.59. The normalized spacial score (nSPS) is 24.5. The lowest BCUT2D eigenvalue weighted by molar-refractivity contribution is -0.148. The van der Waals surface area contributed by atoms with E-state index < -0.39 is 5.97 Å². The van der Waals surface area contributed by atoms with E-state index in [0.29, 0.717) is 19.4 Å². The molecule has 2 atom stereocenters. The summed E-state index contributed by atoms with van der Waals surface area (Å²) in [4.78, 5) is 35.3. The largest absolute Gasteiger partial charge is 0.481 e. The van der Waals surface area contributed by atoms with Gasteiger partial charge in [0.2, 0.25) is 5.91 Å². The van der Waals surface area contributed by atoms with E-state index in [4.69, 9.17) is 5.11 Å². The van der Waals surface area contributed by atoms with Crippen LogP contribution in [-0.4, -0.2) is 40.3 Å². The molecule has 5 heteroatoms. The van der Waals surface area contributed by atoms with Crippen LogP contribution in [-0.2, 0) is 14.4 Å². The van der Waals surface area contributed by atoms with Gasteiger partial charge in [-0.3, -0.25) is 14.4 Å². The predicted octanol–water partition coefficient (Wildman–Crippen LogP) is 1.07. The number of carbonyl (C=O) groups is 3. The van der Waals surface area contributed by atoms with Crippen molar-refractivity contribution in [1.29, 1.82) is 0 Å². The summed E-state index contributed by atoms with van der Waals surface area (Å²) in [7, 11) is 0.